The normalized spacial score (nSPS) is 18.5. The van der Waals surface area contributed by atoms with E-state index in [0.717, 1.165) is 17.2 Å². The summed E-state index contributed by atoms with van der Waals surface area (Å²) in [7, 11) is 0. The first-order chi connectivity index (χ1) is 16.8. The molecule has 0 saturated carbocycles. The van der Waals surface area contributed by atoms with Gasteiger partial charge in [-0.3, -0.25) is 4.79 Å². The predicted octanol–water partition coefficient (Wildman–Crippen LogP) is 5.96. The van der Waals surface area contributed by atoms with Gasteiger partial charge in [-0.25, -0.2) is 8.78 Å². The predicted molar refractivity (Wildman–Crippen MR) is 128 cm³/mol. The van der Waals surface area contributed by atoms with Crippen molar-refractivity contribution in [2.24, 2.45) is 0 Å². The smallest absolute Gasteiger partial charge is 0.193 e. The molecule has 182 valence electrons. The molecule has 5 nitrogen and oxygen atoms in total. The van der Waals surface area contributed by atoms with E-state index in [9.17, 15) is 13.6 Å². The zero-order valence-corrected chi connectivity index (χ0v) is 19.7. The van der Waals surface area contributed by atoms with Gasteiger partial charge in [-0.2, -0.15) is 0 Å². The molecule has 0 unspecified atom stereocenters. The van der Waals surface area contributed by atoms with E-state index >= 15 is 0 Å². The molecule has 2 aliphatic rings. The van der Waals surface area contributed by atoms with E-state index < -0.39 is 17.4 Å². The van der Waals surface area contributed by atoms with Crippen LogP contribution in [0.15, 0.2) is 54.6 Å². The largest absolute Gasteiger partial charge is 0.493 e. The standard InChI is InChI=1S/C28H27F2NO4/c1-28(2)34-16-22(35-28)11-12-33-21-8-5-17-3-4-18-13-20(7-9-23(18)27(32)24(17)15-21)31-26-10-6-19(29)14-25(26)30/h5-10,13-15,22,31H,3-4,11-12,16H2,1-2H3/t22-/m1/s1. The van der Waals surface area contributed by atoms with Gasteiger partial charge >= 0.3 is 0 Å². The lowest BCUT2D eigenvalue weighted by atomic mass is 9.98. The molecule has 0 radical (unpaired) electrons. The Labute approximate surface area is 203 Å². The molecular formula is C28H27F2NO4. The Morgan fingerprint density at radius 3 is 2.60 bits per heavy atom. The first-order valence-corrected chi connectivity index (χ1v) is 11.7. The number of benzene rings is 3. The van der Waals surface area contributed by atoms with Crippen LogP contribution in [-0.2, 0) is 22.3 Å². The van der Waals surface area contributed by atoms with Crippen molar-refractivity contribution >= 4 is 17.2 Å². The van der Waals surface area contributed by atoms with Crippen molar-refractivity contribution in [2.45, 2.75) is 45.0 Å². The highest BCUT2D eigenvalue weighted by atomic mass is 19.1. The molecular weight excluding hydrogens is 452 g/mol. The van der Waals surface area contributed by atoms with Crippen LogP contribution in [0.1, 0.15) is 47.3 Å². The summed E-state index contributed by atoms with van der Waals surface area (Å²) in [5, 5.41) is 2.97. The molecule has 35 heavy (non-hydrogen) atoms. The van der Waals surface area contributed by atoms with Crippen LogP contribution in [0.4, 0.5) is 20.2 Å². The third-order valence-corrected chi connectivity index (χ3v) is 6.33. The van der Waals surface area contributed by atoms with Crippen LogP contribution in [0.3, 0.4) is 0 Å². The lowest BCUT2D eigenvalue weighted by Crippen LogP contribution is -2.22. The number of nitrogens with one attached hydrogen (secondary N) is 1. The molecule has 0 bridgehead atoms. The van der Waals surface area contributed by atoms with Crippen LogP contribution in [0.25, 0.3) is 0 Å². The van der Waals surface area contributed by atoms with Crippen LogP contribution >= 0.6 is 0 Å². The Balaban J connectivity index is 1.29. The number of rotatable bonds is 6. The number of aryl methyl sites for hydroxylation is 2. The number of ketones is 1. The molecule has 1 aliphatic heterocycles. The van der Waals surface area contributed by atoms with Gasteiger partial charge in [0.05, 0.1) is 25.0 Å². The van der Waals surface area contributed by atoms with Crippen molar-refractivity contribution in [1.29, 1.82) is 0 Å². The number of fused-ring (bicyclic) bond motifs is 2. The zero-order chi connectivity index (χ0) is 24.6. The van der Waals surface area contributed by atoms with Gasteiger partial charge in [0.1, 0.15) is 17.4 Å². The van der Waals surface area contributed by atoms with Crippen molar-refractivity contribution in [2.75, 3.05) is 18.5 Å². The number of halogens is 2. The van der Waals surface area contributed by atoms with E-state index in [1.165, 1.54) is 12.1 Å². The third kappa shape index (κ3) is 5.21. The third-order valence-electron chi connectivity index (χ3n) is 6.33. The van der Waals surface area contributed by atoms with Gasteiger partial charge in [0.2, 0.25) is 0 Å². The van der Waals surface area contributed by atoms with Gasteiger partial charge in [0.15, 0.2) is 11.6 Å². The van der Waals surface area contributed by atoms with Crippen molar-refractivity contribution in [3.05, 3.63) is 88.5 Å². The van der Waals surface area contributed by atoms with E-state index in [1.807, 2.05) is 38.1 Å². The van der Waals surface area contributed by atoms with Crippen LogP contribution in [-0.4, -0.2) is 30.9 Å². The molecule has 3 aromatic rings. The van der Waals surface area contributed by atoms with E-state index in [4.69, 9.17) is 14.2 Å². The zero-order valence-electron chi connectivity index (χ0n) is 19.7. The summed E-state index contributed by atoms with van der Waals surface area (Å²) < 4.78 is 44.6. The van der Waals surface area contributed by atoms with Crippen molar-refractivity contribution in [1.82, 2.24) is 0 Å². The number of ether oxygens (including phenoxy) is 3. The molecule has 0 aromatic heterocycles. The maximum Gasteiger partial charge on any atom is 0.193 e. The topological polar surface area (TPSA) is 56.8 Å². The monoisotopic (exact) mass is 479 g/mol. The van der Waals surface area contributed by atoms with Gasteiger partial charge in [0.25, 0.3) is 0 Å². The maximum absolute atomic E-state index is 14.0. The first-order valence-electron chi connectivity index (χ1n) is 11.7. The fourth-order valence-electron chi connectivity index (χ4n) is 4.55. The highest BCUT2D eigenvalue weighted by Gasteiger charge is 2.32. The van der Waals surface area contributed by atoms with Gasteiger partial charge in [-0.15, -0.1) is 0 Å². The summed E-state index contributed by atoms with van der Waals surface area (Å²) in [4.78, 5) is 13.4. The second-order valence-corrected chi connectivity index (χ2v) is 9.36. The molecule has 1 N–H and O–H groups in total. The van der Waals surface area contributed by atoms with E-state index in [0.29, 0.717) is 55.0 Å². The minimum atomic E-state index is -0.674. The first kappa shape index (κ1) is 23.5. The number of carbonyl (C=O) groups excluding carboxylic acids is 1. The average molecular weight is 480 g/mol. The summed E-state index contributed by atoms with van der Waals surface area (Å²) in [6.07, 6.45) is 2.06. The van der Waals surface area contributed by atoms with Crippen molar-refractivity contribution in [3.63, 3.8) is 0 Å². The molecule has 7 heteroatoms. The summed E-state index contributed by atoms with van der Waals surface area (Å²) in [5.74, 6) is -1.29. The minimum absolute atomic E-state index is 0.00877. The number of carbonyl (C=O) groups is 1. The summed E-state index contributed by atoms with van der Waals surface area (Å²) in [6.45, 7) is 4.79. The van der Waals surface area contributed by atoms with E-state index in [2.05, 4.69) is 5.32 Å². The summed E-state index contributed by atoms with van der Waals surface area (Å²) in [5.41, 5.74) is 3.90. The highest BCUT2D eigenvalue weighted by Crippen LogP contribution is 2.31. The fraction of sp³-hybridized carbons (Fsp3) is 0.321. The lowest BCUT2D eigenvalue weighted by molar-refractivity contribution is -0.139. The molecule has 1 fully saturated rings. The van der Waals surface area contributed by atoms with Crippen LogP contribution in [0.2, 0.25) is 0 Å². The van der Waals surface area contributed by atoms with Crippen LogP contribution in [0, 0.1) is 11.6 Å². The molecule has 1 atom stereocenters. The maximum atomic E-state index is 14.0. The molecule has 1 saturated heterocycles. The van der Waals surface area contributed by atoms with Gasteiger partial charge in [-0.1, -0.05) is 6.07 Å². The molecule has 3 aromatic carbocycles. The summed E-state index contributed by atoms with van der Waals surface area (Å²) >= 11 is 0. The van der Waals surface area contributed by atoms with Crippen LogP contribution in [0.5, 0.6) is 5.75 Å². The average Bonchev–Trinajstić information content (AvgIpc) is 3.11. The Kier molecular flexibility index (Phi) is 6.30. The van der Waals surface area contributed by atoms with Crippen LogP contribution < -0.4 is 10.1 Å². The van der Waals surface area contributed by atoms with Gasteiger partial charge < -0.3 is 19.5 Å². The van der Waals surface area contributed by atoms with E-state index in [-0.39, 0.29) is 17.6 Å². The number of hydrogen-bond donors (Lipinski definition) is 1. The molecule has 0 spiro atoms. The number of anilines is 2. The summed E-state index contributed by atoms with van der Waals surface area (Å²) in [6, 6.07) is 14.4. The highest BCUT2D eigenvalue weighted by molar-refractivity contribution is 6.11. The minimum Gasteiger partial charge on any atom is -0.493 e. The van der Waals surface area contributed by atoms with Crippen molar-refractivity contribution in [3.8, 4) is 5.75 Å². The Bertz CT molecular complexity index is 1270. The Morgan fingerprint density at radius 2 is 1.83 bits per heavy atom. The van der Waals surface area contributed by atoms with Crippen molar-refractivity contribution < 1.29 is 27.8 Å². The second kappa shape index (κ2) is 9.40. The molecule has 1 heterocycles. The second-order valence-electron chi connectivity index (χ2n) is 9.36. The molecule has 1 aliphatic carbocycles. The number of hydrogen-bond acceptors (Lipinski definition) is 5. The Hall–Kier alpha value is -3.29. The quantitative estimate of drug-likeness (QED) is 0.473. The fourth-order valence-corrected chi connectivity index (χ4v) is 4.55. The van der Waals surface area contributed by atoms with E-state index in [1.54, 1.807) is 12.1 Å². The molecule has 5 rings (SSSR count). The van der Waals surface area contributed by atoms with Gasteiger partial charge in [-0.05, 0) is 80.3 Å². The SMILES string of the molecule is CC1(C)OC[C@@H](CCOc2ccc3c(c2)C(=O)c2ccc(Nc4ccc(F)cc4F)cc2CC3)O1. The lowest BCUT2D eigenvalue weighted by Gasteiger charge is -2.17. The molecule has 0 amide bonds. The van der Waals surface area contributed by atoms with Gasteiger partial charge in [0, 0.05) is 29.3 Å². The Morgan fingerprint density at radius 1 is 1.00 bits per heavy atom.